The summed E-state index contributed by atoms with van der Waals surface area (Å²) in [5.41, 5.74) is 0.858. The number of anilines is 1. The van der Waals surface area contributed by atoms with Gasteiger partial charge in [-0.05, 0) is 51.1 Å². The number of methoxy groups -OCH3 is 1. The van der Waals surface area contributed by atoms with Crippen molar-refractivity contribution in [3.05, 3.63) is 70.9 Å². The van der Waals surface area contributed by atoms with Gasteiger partial charge in [-0.25, -0.2) is 9.59 Å². The molecule has 1 saturated heterocycles. The highest BCUT2D eigenvalue weighted by molar-refractivity contribution is 5.93. The highest BCUT2D eigenvalue weighted by Gasteiger charge is 2.20. The van der Waals surface area contributed by atoms with Crippen LogP contribution in [0.3, 0.4) is 0 Å². The summed E-state index contributed by atoms with van der Waals surface area (Å²) >= 11 is 0. The molecule has 1 aromatic carbocycles. The summed E-state index contributed by atoms with van der Waals surface area (Å²) in [6.45, 7) is 11.1. The number of aryl methyl sites for hydroxylation is 1. The zero-order valence-electron chi connectivity index (χ0n) is 18.7. The largest absolute Gasteiger partial charge is 0.495 e. The summed E-state index contributed by atoms with van der Waals surface area (Å²) in [7, 11) is 3.53. The fourth-order valence-electron chi connectivity index (χ4n) is 3.51. The number of urea groups is 1. The number of nitrogens with one attached hydrogen (secondary N) is 2. The third kappa shape index (κ3) is 5.39. The van der Waals surface area contributed by atoms with Gasteiger partial charge in [-0.1, -0.05) is 19.2 Å². The van der Waals surface area contributed by atoms with Crippen LogP contribution in [0.5, 0.6) is 5.75 Å². The van der Waals surface area contributed by atoms with Gasteiger partial charge in [-0.2, -0.15) is 0 Å². The average Bonchev–Trinajstić information content (AvgIpc) is 2.77. The molecule has 3 rings (SSSR count). The van der Waals surface area contributed by atoms with Crippen molar-refractivity contribution in [3.63, 3.8) is 0 Å². The molecule has 0 bridgehead atoms. The van der Waals surface area contributed by atoms with Gasteiger partial charge in [-0.3, -0.25) is 0 Å². The predicted octanol–water partition coefficient (Wildman–Crippen LogP) is 3.93. The van der Waals surface area contributed by atoms with Gasteiger partial charge in [0, 0.05) is 24.0 Å². The van der Waals surface area contributed by atoms with E-state index in [1.807, 2.05) is 19.1 Å². The Hall–Kier alpha value is -3.52. The Labute approximate surface area is 187 Å². The molecule has 0 unspecified atom stereocenters. The number of carbonyl (C=O) groups excluding carboxylic acids is 1. The van der Waals surface area contributed by atoms with Crippen LogP contribution >= 0.6 is 0 Å². The molecule has 1 aliphatic heterocycles. The highest BCUT2D eigenvalue weighted by atomic mass is 16.5. The molecule has 8 nitrogen and oxygen atoms in total. The minimum Gasteiger partial charge on any atom is -0.495 e. The minimum atomic E-state index is -0.660. The van der Waals surface area contributed by atoms with Crippen LogP contribution in [0.25, 0.3) is 11.0 Å². The molecule has 2 amide bonds. The fourth-order valence-corrected chi connectivity index (χ4v) is 3.51. The molecule has 0 atom stereocenters. The quantitative estimate of drug-likeness (QED) is 0.386. The third-order valence-corrected chi connectivity index (χ3v) is 5.39. The SMILES string of the molecule is C=C/C=C(/NC(=O)Nc1cc2ccc(OC3CCN(C)CC3)c(C)c2oc1=O)C(=C)OC. The molecule has 2 aromatic rings. The molecule has 8 heteroatoms. The Morgan fingerprint density at radius 3 is 2.69 bits per heavy atom. The summed E-state index contributed by atoms with van der Waals surface area (Å²) in [4.78, 5) is 27.2. The first kappa shape index (κ1) is 23.1. The Morgan fingerprint density at radius 2 is 2.03 bits per heavy atom. The van der Waals surface area contributed by atoms with E-state index in [4.69, 9.17) is 13.9 Å². The van der Waals surface area contributed by atoms with Crippen LogP contribution < -0.4 is 21.0 Å². The summed E-state index contributed by atoms with van der Waals surface area (Å²) in [5, 5.41) is 5.76. The number of carbonyl (C=O) groups is 1. The second-order valence-electron chi connectivity index (χ2n) is 7.70. The lowest BCUT2D eigenvalue weighted by Gasteiger charge is -2.29. The van der Waals surface area contributed by atoms with Crippen molar-refractivity contribution in [2.24, 2.45) is 0 Å². The monoisotopic (exact) mass is 439 g/mol. The maximum Gasteiger partial charge on any atom is 0.360 e. The van der Waals surface area contributed by atoms with Crippen LogP contribution in [-0.4, -0.2) is 44.3 Å². The summed E-state index contributed by atoms with van der Waals surface area (Å²) in [6, 6.07) is 4.62. The number of rotatable bonds is 7. The lowest BCUT2D eigenvalue weighted by Crippen LogP contribution is -2.35. The molecule has 1 aromatic heterocycles. The fraction of sp³-hybridized carbons (Fsp3) is 0.333. The molecule has 32 heavy (non-hydrogen) atoms. The van der Waals surface area contributed by atoms with E-state index in [1.165, 1.54) is 19.3 Å². The number of hydrogen-bond donors (Lipinski definition) is 2. The average molecular weight is 440 g/mol. The Kier molecular flexibility index (Phi) is 7.37. The second-order valence-corrected chi connectivity index (χ2v) is 7.70. The topological polar surface area (TPSA) is 93.0 Å². The molecule has 0 aliphatic carbocycles. The van der Waals surface area contributed by atoms with E-state index < -0.39 is 11.7 Å². The first-order valence-corrected chi connectivity index (χ1v) is 10.4. The van der Waals surface area contributed by atoms with Gasteiger partial charge in [0.2, 0.25) is 0 Å². The Morgan fingerprint density at radius 1 is 1.31 bits per heavy atom. The standard InChI is InChI=1S/C24H29N3O5/c1-6-7-19(16(3)30-5)25-24(29)26-20-14-17-8-9-21(15(2)22(17)32-23(20)28)31-18-10-12-27(4)13-11-18/h6-9,14,18H,1,3,10-13H2,2,4-5H3,(H2,25,26,29)/b19-7+. The van der Waals surface area contributed by atoms with Crippen LogP contribution in [-0.2, 0) is 4.74 Å². The van der Waals surface area contributed by atoms with Gasteiger partial charge in [0.15, 0.2) is 0 Å². The van der Waals surface area contributed by atoms with Crippen LogP contribution in [0.1, 0.15) is 18.4 Å². The van der Waals surface area contributed by atoms with E-state index in [-0.39, 0.29) is 17.6 Å². The van der Waals surface area contributed by atoms with Crippen molar-refractivity contribution < 1.29 is 18.7 Å². The van der Waals surface area contributed by atoms with Crippen LogP contribution in [0, 0.1) is 6.92 Å². The minimum absolute atomic E-state index is 0.0133. The van der Waals surface area contributed by atoms with Gasteiger partial charge in [-0.15, -0.1) is 0 Å². The molecule has 0 saturated carbocycles. The van der Waals surface area contributed by atoms with E-state index in [2.05, 4.69) is 35.7 Å². The van der Waals surface area contributed by atoms with Gasteiger partial charge < -0.3 is 29.4 Å². The van der Waals surface area contributed by atoms with E-state index >= 15 is 0 Å². The van der Waals surface area contributed by atoms with E-state index in [1.54, 1.807) is 6.07 Å². The number of fused-ring (bicyclic) bond motifs is 1. The highest BCUT2D eigenvalue weighted by Crippen LogP contribution is 2.29. The van der Waals surface area contributed by atoms with Gasteiger partial charge in [0.05, 0.1) is 12.8 Å². The molecule has 1 fully saturated rings. The number of piperidine rings is 1. The van der Waals surface area contributed by atoms with Crippen LogP contribution in [0.4, 0.5) is 10.5 Å². The number of amides is 2. The number of ether oxygens (including phenoxy) is 2. The lowest BCUT2D eigenvalue weighted by molar-refractivity contribution is 0.113. The normalized spacial score (nSPS) is 15.3. The summed E-state index contributed by atoms with van der Waals surface area (Å²) in [5.74, 6) is 0.948. The maximum atomic E-state index is 12.5. The molecular formula is C24H29N3O5. The van der Waals surface area contributed by atoms with Gasteiger partial charge in [0.25, 0.3) is 0 Å². The summed E-state index contributed by atoms with van der Waals surface area (Å²) < 4.78 is 16.7. The van der Waals surface area contributed by atoms with E-state index in [0.717, 1.165) is 31.5 Å². The van der Waals surface area contributed by atoms with E-state index in [0.29, 0.717) is 22.4 Å². The molecule has 170 valence electrons. The molecule has 0 radical (unpaired) electrons. The summed E-state index contributed by atoms with van der Waals surface area (Å²) in [6.07, 6.45) is 5.06. The van der Waals surface area contributed by atoms with Crippen molar-refractivity contribution in [1.82, 2.24) is 10.2 Å². The van der Waals surface area contributed by atoms with Crippen molar-refractivity contribution >= 4 is 22.7 Å². The number of benzene rings is 1. The van der Waals surface area contributed by atoms with Crippen molar-refractivity contribution in [1.29, 1.82) is 0 Å². The predicted molar refractivity (Wildman–Crippen MR) is 125 cm³/mol. The number of allylic oxidation sites excluding steroid dienone is 2. The lowest BCUT2D eigenvalue weighted by atomic mass is 10.1. The third-order valence-electron chi connectivity index (χ3n) is 5.39. The Bertz CT molecular complexity index is 1110. The van der Waals surface area contributed by atoms with Crippen LogP contribution in [0.15, 0.2) is 64.2 Å². The zero-order valence-corrected chi connectivity index (χ0v) is 18.7. The first-order chi connectivity index (χ1) is 15.3. The maximum absolute atomic E-state index is 12.5. The van der Waals surface area contributed by atoms with E-state index in [9.17, 15) is 9.59 Å². The Balaban J connectivity index is 1.79. The smallest absolute Gasteiger partial charge is 0.360 e. The van der Waals surface area contributed by atoms with Crippen molar-refractivity contribution in [3.8, 4) is 5.75 Å². The van der Waals surface area contributed by atoms with Gasteiger partial charge in [0.1, 0.15) is 28.9 Å². The van der Waals surface area contributed by atoms with Gasteiger partial charge >= 0.3 is 11.7 Å². The number of hydrogen-bond acceptors (Lipinski definition) is 6. The molecule has 2 N–H and O–H groups in total. The van der Waals surface area contributed by atoms with Crippen molar-refractivity contribution in [2.45, 2.75) is 25.9 Å². The second kappa shape index (κ2) is 10.2. The van der Waals surface area contributed by atoms with Crippen LogP contribution in [0.2, 0.25) is 0 Å². The first-order valence-electron chi connectivity index (χ1n) is 10.4. The number of likely N-dealkylation sites (tertiary alicyclic amines) is 1. The molecule has 2 heterocycles. The molecule has 0 spiro atoms. The molecule has 1 aliphatic rings. The molecular weight excluding hydrogens is 410 g/mol. The van der Waals surface area contributed by atoms with Crippen molar-refractivity contribution in [2.75, 3.05) is 32.6 Å². The number of nitrogens with zero attached hydrogens (tertiary/aromatic N) is 1. The zero-order chi connectivity index (χ0) is 23.3.